The van der Waals surface area contributed by atoms with Gasteiger partial charge in [0.25, 0.3) is 0 Å². The highest BCUT2D eigenvalue weighted by Crippen LogP contribution is 2.37. The fourth-order valence-electron chi connectivity index (χ4n) is 2.53. The van der Waals surface area contributed by atoms with Crippen molar-refractivity contribution < 1.29 is 14.3 Å². The van der Waals surface area contributed by atoms with E-state index in [0.717, 1.165) is 5.69 Å². The molecule has 0 aliphatic rings. The highest BCUT2D eigenvalue weighted by Gasteiger charge is 2.11. The monoisotopic (exact) mass is 398 g/mol. The van der Waals surface area contributed by atoms with Crippen molar-refractivity contribution >= 4 is 40.4 Å². The van der Waals surface area contributed by atoms with Crippen LogP contribution < -0.4 is 20.1 Å². The van der Waals surface area contributed by atoms with Gasteiger partial charge in [-0.2, -0.15) is 0 Å². The molecule has 2 N–H and O–H groups in total. The molecule has 28 heavy (non-hydrogen) atoms. The maximum atomic E-state index is 11.4. The summed E-state index contributed by atoms with van der Waals surface area (Å²) in [7, 11) is 3.10. The molecule has 7 nitrogen and oxygen atoms in total. The van der Waals surface area contributed by atoms with Crippen LogP contribution in [-0.2, 0) is 0 Å². The van der Waals surface area contributed by atoms with Crippen molar-refractivity contribution in [3.8, 4) is 11.5 Å². The Morgan fingerprint density at radius 1 is 0.929 bits per heavy atom. The van der Waals surface area contributed by atoms with Crippen LogP contribution in [-0.4, -0.2) is 30.0 Å². The second-order valence-corrected chi connectivity index (χ2v) is 6.27. The van der Waals surface area contributed by atoms with E-state index in [4.69, 9.17) is 21.1 Å². The Bertz CT molecular complexity index is 993. The molecule has 0 bridgehead atoms. The zero-order valence-corrected chi connectivity index (χ0v) is 16.4. The molecule has 2 aromatic carbocycles. The van der Waals surface area contributed by atoms with Crippen LogP contribution in [0.4, 0.5) is 23.0 Å². The Labute approximate surface area is 167 Å². The summed E-state index contributed by atoms with van der Waals surface area (Å²) in [5.74, 6) is 2.24. The van der Waals surface area contributed by atoms with Crippen LogP contribution in [0, 0.1) is 0 Å². The fraction of sp³-hybridized carbons (Fsp3) is 0.150. The smallest absolute Gasteiger partial charge is 0.159 e. The summed E-state index contributed by atoms with van der Waals surface area (Å²) in [6.45, 7) is 1.53. The number of Topliss-reactive ketones (excluding diaryl/α,β-unsaturated/α-hetero) is 1. The molecule has 0 atom stereocenters. The Morgan fingerprint density at radius 3 is 2.18 bits per heavy atom. The molecule has 144 valence electrons. The van der Waals surface area contributed by atoms with E-state index in [2.05, 4.69) is 20.6 Å². The Balaban J connectivity index is 1.81. The molecular formula is C20H19ClN4O3. The third-order valence-electron chi connectivity index (χ3n) is 3.97. The Kier molecular flexibility index (Phi) is 5.96. The average molecular weight is 399 g/mol. The van der Waals surface area contributed by atoms with Gasteiger partial charge in [0.1, 0.15) is 29.5 Å². The summed E-state index contributed by atoms with van der Waals surface area (Å²) in [6.07, 6.45) is 1.44. The molecule has 0 aliphatic heterocycles. The number of hydrogen-bond donors (Lipinski definition) is 2. The van der Waals surface area contributed by atoms with Crippen molar-refractivity contribution in [3.63, 3.8) is 0 Å². The molecule has 1 aromatic heterocycles. The minimum Gasteiger partial charge on any atom is -0.495 e. The lowest BCUT2D eigenvalue weighted by Gasteiger charge is -2.14. The molecule has 8 heteroatoms. The van der Waals surface area contributed by atoms with Crippen molar-refractivity contribution in [2.75, 3.05) is 24.9 Å². The van der Waals surface area contributed by atoms with Crippen LogP contribution in [0.2, 0.25) is 5.02 Å². The summed E-state index contributed by atoms with van der Waals surface area (Å²) in [5, 5.41) is 6.80. The van der Waals surface area contributed by atoms with Gasteiger partial charge in [-0.05, 0) is 31.2 Å². The molecule has 0 aliphatic carbocycles. The van der Waals surface area contributed by atoms with Crippen molar-refractivity contribution in [2.24, 2.45) is 0 Å². The van der Waals surface area contributed by atoms with E-state index >= 15 is 0 Å². The minimum atomic E-state index is 0.0208. The zero-order valence-electron chi connectivity index (χ0n) is 15.6. The predicted molar refractivity (Wildman–Crippen MR) is 110 cm³/mol. The number of nitrogens with zero attached hydrogens (tertiary/aromatic N) is 2. The normalized spacial score (nSPS) is 10.3. The molecule has 0 spiro atoms. The van der Waals surface area contributed by atoms with Gasteiger partial charge < -0.3 is 20.1 Å². The number of nitrogens with one attached hydrogen (secondary N) is 2. The average Bonchev–Trinajstić information content (AvgIpc) is 2.69. The molecular weight excluding hydrogens is 380 g/mol. The van der Waals surface area contributed by atoms with Crippen LogP contribution in [0.15, 0.2) is 48.8 Å². The van der Waals surface area contributed by atoms with E-state index in [0.29, 0.717) is 39.4 Å². The summed E-state index contributed by atoms with van der Waals surface area (Å²) in [5.41, 5.74) is 2.11. The highest BCUT2D eigenvalue weighted by atomic mass is 35.5. The van der Waals surface area contributed by atoms with Gasteiger partial charge in [0, 0.05) is 29.4 Å². The largest absolute Gasteiger partial charge is 0.495 e. The van der Waals surface area contributed by atoms with E-state index in [9.17, 15) is 4.79 Å². The molecule has 3 aromatic rings. The Morgan fingerprint density at radius 2 is 1.57 bits per heavy atom. The number of halogens is 1. The number of carbonyl (C=O) groups excluding carboxylic acids is 1. The molecule has 3 rings (SSSR count). The number of methoxy groups -OCH3 is 2. The van der Waals surface area contributed by atoms with E-state index in [-0.39, 0.29) is 5.78 Å². The quantitative estimate of drug-likeness (QED) is 0.551. The van der Waals surface area contributed by atoms with Crippen molar-refractivity contribution in [1.29, 1.82) is 0 Å². The third kappa shape index (κ3) is 4.50. The van der Waals surface area contributed by atoms with Crippen molar-refractivity contribution in [3.05, 3.63) is 59.4 Å². The van der Waals surface area contributed by atoms with E-state index in [1.54, 1.807) is 44.6 Å². The summed E-state index contributed by atoms with van der Waals surface area (Å²) < 4.78 is 10.6. The lowest BCUT2D eigenvalue weighted by Crippen LogP contribution is -2.01. The van der Waals surface area contributed by atoms with E-state index in [1.807, 2.05) is 12.1 Å². The van der Waals surface area contributed by atoms with Gasteiger partial charge >= 0.3 is 0 Å². The summed E-state index contributed by atoms with van der Waals surface area (Å²) in [4.78, 5) is 19.8. The van der Waals surface area contributed by atoms with Gasteiger partial charge in [-0.1, -0.05) is 11.6 Å². The van der Waals surface area contributed by atoms with Gasteiger partial charge in [0.05, 0.1) is 24.9 Å². The first kappa shape index (κ1) is 19.4. The molecule has 0 saturated carbocycles. The predicted octanol–water partition coefficient (Wildman–Crippen LogP) is 4.84. The lowest BCUT2D eigenvalue weighted by molar-refractivity contribution is 0.101. The molecule has 0 unspecified atom stereocenters. The van der Waals surface area contributed by atoms with E-state index < -0.39 is 0 Å². The SMILES string of the molecule is COc1cc(Nc2cc(Nc3ccc(C(C)=O)cc3)ncn2)c(OC)cc1Cl. The van der Waals surface area contributed by atoms with E-state index in [1.165, 1.54) is 13.3 Å². The molecule has 0 amide bonds. The standard InChI is InChI=1S/C20H19ClN4O3/c1-12(26)13-4-6-14(7-5-13)24-19-10-20(23-11-22-19)25-16-9-17(27-2)15(21)8-18(16)28-3/h4-11H,1-3H3,(H2,22,23,24,25). The van der Waals surface area contributed by atoms with Crippen LogP contribution >= 0.6 is 11.6 Å². The van der Waals surface area contributed by atoms with Gasteiger partial charge in [0.15, 0.2) is 5.78 Å². The topological polar surface area (TPSA) is 85.4 Å². The molecule has 1 heterocycles. The lowest BCUT2D eigenvalue weighted by atomic mass is 10.1. The zero-order chi connectivity index (χ0) is 20.1. The first-order valence-corrected chi connectivity index (χ1v) is 8.76. The number of anilines is 4. The van der Waals surface area contributed by atoms with Gasteiger partial charge in [-0.3, -0.25) is 4.79 Å². The van der Waals surface area contributed by atoms with Crippen LogP contribution in [0.3, 0.4) is 0 Å². The van der Waals surface area contributed by atoms with Crippen LogP contribution in [0.1, 0.15) is 17.3 Å². The number of ether oxygens (including phenoxy) is 2. The number of ketones is 1. The third-order valence-corrected chi connectivity index (χ3v) is 4.26. The van der Waals surface area contributed by atoms with Gasteiger partial charge in [-0.25, -0.2) is 9.97 Å². The van der Waals surface area contributed by atoms with Gasteiger partial charge in [0.2, 0.25) is 0 Å². The summed E-state index contributed by atoms with van der Waals surface area (Å²) in [6, 6.07) is 12.3. The number of benzene rings is 2. The minimum absolute atomic E-state index is 0.0208. The number of hydrogen-bond acceptors (Lipinski definition) is 7. The van der Waals surface area contributed by atoms with Crippen molar-refractivity contribution in [2.45, 2.75) is 6.92 Å². The first-order chi connectivity index (χ1) is 13.5. The number of aromatic nitrogens is 2. The second kappa shape index (κ2) is 8.58. The maximum absolute atomic E-state index is 11.4. The first-order valence-electron chi connectivity index (χ1n) is 8.38. The fourth-order valence-corrected chi connectivity index (χ4v) is 2.76. The maximum Gasteiger partial charge on any atom is 0.159 e. The highest BCUT2D eigenvalue weighted by molar-refractivity contribution is 6.32. The van der Waals surface area contributed by atoms with Crippen LogP contribution in [0.25, 0.3) is 0 Å². The molecule has 0 fully saturated rings. The van der Waals surface area contributed by atoms with Crippen molar-refractivity contribution in [1.82, 2.24) is 9.97 Å². The number of carbonyl (C=O) groups is 1. The summed E-state index contributed by atoms with van der Waals surface area (Å²) >= 11 is 6.14. The molecule has 0 saturated heterocycles. The van der Waals surface area contributed by atoms with Crippen LogP contribution in [0.5, 0.6) is 11.5 Å². The number of rotatable bonds is 7. The van der Waals surface area contributed by atoms with Gasteiger partial charge in [-0.15, -0.1) is 0 Å². The Hall–Kier alpha value is -3.32. The second-order valence-electron chi connectivity index (χ2n) is 5.86. The molecule has 0 radical (unpaired) electrons.